The van der Waals surface area contributed by atoms with E-state index in [1.807, 2.05) is 13.0 Å². The van der Waals surface area contributed by atoms with Crippen LogP contribution >= 0.6 is 34.5 Å². The second kappa shape index (κ2) is 5.87. The summed E-state index contributed by atoms with van der Waals surface area (Å²) in [5.74, 6) is -0.0516. The minimum Gasteiger partial charge on any atom is -0.358 e. The molecule has 90 valence electrons. The Balaban J connectivity index is 2.68. The summed E-state index contributed by atoms with van der Waals surface area (Å²) in [4.78, 5) is 11.3. The molecule has 0 aromatic carbocycles. The highest BCUT2D eigenvalue weighted by molar-refractivity contribution is 7.20. The molecule has 0 radical (unpaired) electrons. The van der Waals surface area contributed by atoms with Crippen LogP contribution in [0.1, 0.15) is 25.5 Å². The molecule has 1 heterocycles. The van der Waals surface area contributed by atoms with Crippen molar-refractivity contribution in [3.05, 3.63) is 20.3 Å². The Morgan fingerprint density at radius 3 is 2.50 bits per heavy atom. The third kappa shape index (κ3) is 3.35. The van der Waals surface area contributed by atoms with E-state index in [0.717, 1.165) is 5.56 Å². The van der Waals surface area contributed by atoms with Gasteiger partial charge in [-0.3, -0.25) is 10.1 Å². The smallest absolute Gasteiger partial charge is 0.236 e. The van der Waals surface area contributed by atoms with E-state index in [9.17, 15) is 4.79 Å². The third-order valence-corrected chi connectivity index (χ3v) is 3.81. The van der Waals surface area contributed by atoms with E-state index in [2.05, 4.69) is 10.6 Å². The number of carbonyl (C=O) groups is 1. The van der Waals surface area contributed by atoms with Gasteiger partial charge in [-0.1, -0.05) is 23.2 Å². The second-order valence-corrected chi connectivity index (χ2v) is 5.79. The average molecular weight is 281 g/mol. The molecule has 2 atom stereocenters. The predicted molar refractivity (Wildman–Crippen MR) is 69.4 cm³/mol. The summed E-state index contributed by atoms with van der Waals surface area (Å²) < 4.78 is 1.32. The first-order valence-electron chi connectivity index (χ1n) is 4.88. The lowest BCUT2D eigenvalue weighted by molar-refractivity contribution is -0.122. The molecule has 0 fully saturated rings. The maximum Gasteiger partial charge on any atom is 0.236 e. The number of carbonyl (C=O) groups excluding carboxylic acids is 1. The van der Waals surface area contributed by atoms with Gasteiger partial charge in [-0.25, -0.2) is 0 Å². The molecule has 0 aliphatic carbocycles. The fourth-order valence-electron chi connectivity index (χ4n) is 1.41. The van der Waals surface area contributed by atoms with E-state index in [0.29, 0.717) is 8.67 Å². The van der Waals surface area contributed by atoms with E-state index >= 15 is 0 Å². The molecule has 1 amide bonds. The Morgan fingerprint density at radius 2 is 2.06 bits per heavy atom. The molecule has 0 spiro atoms. The van der Waals surface area contributed by atoms with Crippen molar-refractivity contribution in [2.24, 2.45) is 0 Å². The highest BCUT2D eigenvalue weighted by atomic mass is 35.5. The van der Waals surface area contributed by atoms with Gasteiger partial charge in [0, 0.05) is 13.1 Å². The lowest BCUT2D eigenvalue weighted by Crippen LogP contribution is -2.41. The van der Waals surface area contributed by atoms with Gasteiger partial charge < -0.3 is 5.32 Å². The van der Waals surface area contributed by atoms with Crippen molar-refractivity contribution in [1.82, 2.24) is 10.6 Å². The van der Waals surface area contributed by atoms with Crippen molar-refractivity contribution < 1.29 is 4.79 Å². The molecule has 0 saturated carbocycles. The Labute approximate surface area is 109 Å². The van der Waals surface area contributed by atoms with E-state index in [1.165, 1.54) is 11.3 Å². The van der Waals surface area contributed by atoms with Gasteiger partial charge in [-0.15, -0.1) is 11.3 Å². The van der Waals surface area contributed by atoms with Gasteiger partial charge >= 0.3 is 0 Å². The molecule has 1 rings (SSSR count). The molecular formula is C10H14Cl2N2OS. The number of hydrogen-bond donors (Lipinski definition) is 2. The average Bonchev–Trinajstić information content (AvgIpc) is 2.56. The predicted octanol–water partition coefficient (Wildman–Crippen LogP) is 2.84. The molecule has 16 heavy (non-hydrogen) atoms. The first-order chi connectivity index (χ1) is 7.45. The second-order valence-electron chi connectivity index (χ2n) is 3.50. The van der Waals surface area contributed by atoms with Crippen LogP contribution in [0, 0.1) is 0 Å². The zero-order chi connectivity index (χ0) is 12.3. The van der Waals surface area contributed by atoms with Crippen molar-refractivity contribution in [3.8, 4) is 0 Å². The van der Waals surface area contributed by atoms with Crippen LogP contribution in [0.25, 0.3) is 0 Å². The van der Waals surface area contributed by atoms with Gasteiger partial charge in [-0.05, 0) is 25.5 Å². The number of rotatable bonds is 4. The number of thiophene rings is 1. The third-order valence-electron chi connectivity index (χ3n) is 2.29. The summed E-state index contributed by atoms with van der Waals surface area (Å²) >= 11 is 13.2. The molecule has 6 heteroatoms. The highest BCUT2D eigenvalue weighted by Gasteiger charge is 2.18. The van der Waals surface area contributed by atoms with E-state index in [-0.39, 0.29) is 18.0 Å². The summed E-state index contributed by atoms with van der Waals surface area (Å²) in [5, 5.41) is 5.74. The van der Waals surface area contributed by atoms with Crippen LogP contribution < -0.4 is 10.6 Å². The molecule has 0 aliphatic heterocycles. The first kappa shape index (κ1) is 13.8. The SMILES string of the molecule is CNC(=O)[C@@H](C)NC(C)c1cc(Cl)sc1Cl. The highest BCUT2D eigenvalue weighted by Crippen LogP contribution is 2.34. The van der Waals surface area contributed by atoms with Crippen LogP contribution in [0.15, 0.2) is 6.07 Å². The van der Waals surface area contributed by atoms with E-state index < -0.39 is 0 Å². The minimum absolute atomic E-state index is 0.0106. The van der Waals surface area contributed by atoms with Gasteiger partial charge in [0.25, 0.3) is 0 Å². The van der Waals surface area contributed by atoms with Crippen molar-refractivity contribution >= 4 is 40.4 Å². The topological polar surface area (TPSA) is 41.1 Å². The Bertz CT molecular complexity index is 381. The molecule has 0 saturated heterocycles. The zero-order valence-electron chi connectivity index (χ0n) is 9.30. The number of halogens is 2. The quantitative estimate of drug-likeness (QED) is 0.891. The Kier molecular flexibility index (Phi) is 5.05. The molecule has 1 aromatic rings. The molecule has 0 aliphatic rings. The molecular weight excluding hydrogens is 267 g/mol. The van der Waals surface area contributed by atoms with Crippen LogP contribution in [0.2, 0.25) is 8.67 Å². The maximum absolute atomic E-state index is 11.3. The lowest BCUT2D eigenvalue weighted by atomic mass is 10.1. The largest absolute Gasteiger partial charge is 0.358 e. The van der Waals surface area contributed by atoms with Crippen LogP contribution in [0.3, 0.4) is 0 Å². The first-order valence-corrected chi connectivity index (χ1v) is 6.45. The van der Waals surface area contributed by atoms with Crippen LogP contribution in [0.4, 0.5) is 0 Å². The Hall–Kier alpha value is -0.290. The number of hydrogen-bond acceptors (Lipinski definition) is 3. The van der Waals surface area contributed by atoms with Crippen molar-refractivity contribution in [2.45, 2.75) is 25.9 Å². The summed E-state index contributed by atoms with van der Waals surface area (Å²) in [6.45, 7) is 3.75. The standard InChI is InChI=1S/C10H14Cl2N2OS/c1-5(14-6(2)10(15)13-3)7-4-8(11)16-9(7)12/h4-6,14H,1-3H3,(H,13,15)/t5?,6-/m1/s1. The van der Waals surface area contributed by atoms with Gasteiger partial charge in [0.05, 0.1) is 14.7 Å². The van der Waals surface area contributed by atoms with Gasteiger partial charge in [0.2, 0.25) is 5.91 Å². The van der Waals surface area contributed by atoms with Crippen LogP contribution in [0.5, 0.6) is 0 Å². The Morgan fingerprint density at radius 1 is 1.44 bits per heavy atom. The van der Waals surface area contributed by atoms with Crippen LogP contribution in [-0.4, -0.2) is 19.0 Å². The van der Waals surface area contributed by atoms with Crippen molar-refractivity contribution in [2.75, 3.05) is 7.05 Å². The summed E-state index contributed by atoms with van der Waals surface area (Å²) in [6, 6.07) is 1.54. The molecule has 0 bridgehead atoms. The maximum atomic E-state index is 11.3. The van der Waals surface area contributed by atoms with Gasteiger partial charge in [0.15, 0.2) is 0 Å². The fraction of sp³-hybridized carbons (Fsp3) is 0.500. The van der Waals surface area contributed by atoms with Gasteiger partial charge in [0.1, 0.15) is 0 Å². The summed E-state index contributed by atoms with van der Waals surface area (Å²) in [7, 11) is 1.61. The van der Waals surface area contributed by atoms with E-state index in [4.69, 9.17) is 23.2 Å². The van der Waals surface area contributed by atoms with Crippen LogP contribution in [-0.2, 0) is 4.79 Å². The minimum atomic E-state index is -0.269. The number of amides is 1. The van der Waals surface area contributed by atoms with Crippen molar-refractivity contribution in [1.29, 1.82) is 0 Å². The lowest BCUT2D eigenvalue weighted by Gasteiger charge is -2.18. The number of likely N-dealkylation sites (N-methyl/N-ethyl adjacent to an activating group) is 1. The molecule has 1 aromatic heterocycles. The molecule has 1 unspecified atom stereocenters. The van der Waals surface area contributed by atoms with Crippen molar-refractivity contribution in [3.63, 3.8) is 0 Å². The summed E-state index contributed by atoms with van der Waals surface area (Å²) in [6.07, 6.45) is 0. The monoisotopic (exact) mass is 280 g/mol. The number of nitrogens with one attached hydrogen (secondary N) is 2. The summed E-state index contributed by atoms with van der Waals surface area (Å²) in [5.41, 5.74) is 0.924. The molecule has 2 N–H and O–H groups in total. The van der Waals surface area contributed by atoms with E-state index in [1.54, 1.807) is 14.0 Å². The zero-order valence-corrected chi connectivity index (χ0v) is 11.6. The fourth-order valence-corrected chi connectivity index (χ4v) is 3.05. The normalized spacial score (nSPS) is 14.6. The van der Waals surface area contributed by atoms with Gasteiger partial charge in [-0.2, -0.15) is 0 Å². The molecule has 3 nitrogen and oxygen atoms in total.